The standard InChI is InChI=1S/C6H11ClO2/c1-2-3-6(9)5(7)4-8/h5,8H,2-4H2,1H3. The van der Waals surface area contributed by atoms with Crippen LogP contribution in [-0.2, 0) is 4.79 Å². The summed E-state index contributed by atoms with van der Waals surface area (Å²) in [4.78, 5) is 10.7. The summed E-state index contributed by atoms with van der Waals surface area (Å²) in [7, 11) is 0. The lowest BCUT2D eigenvalue weighted by atomic mass is 10.2. The van der Waals surface area contributed by atoms with Crippen molar-refractivity contribution in [1.82, 2.24) is 0 Å². The zero-order valence-corrected chi connectivity index (χ0v) is 6.19. The molecule has 2 nitrogen and oxygen atoms in total. The molecule has 0 aliphatic rings. The van der Waals surface area contributed by atoms with E-state index in [9.17, 15) is 4.79 Å². The van der Waals surface area contributed by atoms with Crippen LogP contribution in [0.5, 0.6) is 0 Å². The van der Waals surface area contributed by atoms with Gasteiger partial charge in [-0.3, -0.25) is 4.79 Å². The normalized spacial score (nSPS) is 13.2. The van der Waals surface area contributed by atoms with Gasteiger partial charge in [0.15, 0.2) is 5.78 Å². The van der Waals surface area contributed by atoms with Gasteiger partial charge in [-0.05, 0) is 6.42 Å². The lowest BCUT2D eigenvalue weighted by molar-refractivity contribution is -0.119. The van der Waals surface area contributed by atoms with Crippen molar-refractivity contribution in [3.05, 3.63) is 0 Å². The molecule has 1 N–H and O–H groups in total. The molecule has 0 bridgehead atoms. The van der Waals surface area contributed by atoms with Gasteiger partial charge >= 0.3 is 0 Å². The number of carbonyl (C=O) groups is 1. The Labute approximate surface area is 59.8 Å². The van der Waals surface area contributed by atoms with Crippen LogP contribution in [0.3, 0.4) is 0 Å². The number of ketones is 1. The summed E-state index contributed by atoms with van der Waals surface area (Å²) < 4.78 is 0. The fourth-order valence-corrected chi connectivity index (χ4v) is 0.614. The predicted molar refractivity (Wildman–Crippen MR) is 36.6 cm³/mol. The van der Waals surface area contributed by atoms with Crippen molar-refractivity contribution in [3.8, 4) is 0 Å². The Balaban J connectivity index is 3.46. The minimum atomic E-state index is -0.690. The van der Waals surface area contributed by atoms with Gasteiger partial charge in [-0.15, -0.1) is 11.6 Å². The van der Waals surface area contributed by atoms with Gasteiger partial charge in [0, 0.05) is 6.42 Å². The van der Waals surface area contributed by atoms with Gasteiger partial charge in [0.2, 0.25) is 0 Å². The molecule has 0 radical (unpaired) electrons. The van der Waals surface area contributed by atoms with E-state index in [-0.39, 0.29) is 12.4 Å². The van der Waals surface area contributed by atoms with Gasteiger partial charge < -0.3 is 5.11 Å². The van der Waals surface area contributed by atoms with E-state index in [1.165, 1.54) is 0 Å². The van der Waals surface area contributed by atoms with Crippen molar-refractivity contribution in [2.75, 3.05) is 6.61 Å². The Kier molecular flexibility index (Phi) is 4.72. The van der Waals surface area contributed by atoms with Crippen LogP contribution in [0, 0.1) is 0 Å². The van der Waals surface area contributed by atoms with E-state index in [4.69, 9.17) is 16.7 Å². The van der Waals surface area contributed by atoms with E-state index in [0.717, 1.165) is 6.42 Å². The first-order chi connectivity index (χ1) is 4.22. The highest BCUT2D eigenvalue weighted by atomic mass is 35.5. The molecule has 3 heteroatoms. The lowest BCUT2D eigenvalue weighted by Gasteiger charge is -2.00. The smallest absolute Gasteiger partial charge is 0.153 e. The van der Waals surface area contributed by atoms with Crippen LogP contribution in [0.4, 0.5) is 0 Å². The Bertz CT molecular complexity index is 93.1. The average Bonchev–Trinajstić information content (AvgIpc) is 1.87. The van der Waals surface area contributed by atoms with Gasteiger partial charge in [-0.25, -0.2) is 0 Å². The van der Waals surface area contributed by atoms with E-state index >= 15 is 0 Å². The first kappa shape index (κ1) is 8.92. The summed E-state index contributed by atoms with van der Waals surface area (Å²) in [6.07, 6.45) is 1.26. The topological polar surface area (TPSA) is 37.3 Å². The molecule has 9 heavy (non-hydrogen) atoms. The van der Waals surface area contributed by atoms with Crippen molar-refractivity contribution in [3.63, 3.8) is 0 Å². The molecule has 0 spiro atoms. The SMILES string of the molecule is CCCC(=O)C(Cl)CO. The van der Waals surface area contributed by atoms with Gasteiger partial charge in [-0.2, -0.15) is 0 Å². The molecule has 0 rings (SSSR count). The highest BCUT2D eigenvalue weighted by molar-refractivity contribution is 6.31. The first-order valence-electron chi connectivity index (χ1n) is 3.00. The van der Waals surface area contributed by atoms with Gasteiger partial charge in [0.25, 0.3) is 0 Å². The van der Waals surface area contributed by atoms with Gasteiger partial charge in [-0.1, -0.05) is 6.92 Å². The summed E-state index contributed by atoms with van der Waals surface area (Å²) in [5, 5.41) is 7.69. The monoisotopic (exact) mass is 150 g/mol. The summed E-state index contributed by atoms with van der Waals surface area (Å²) in [6.45, 7) is 1.65. The molecule has 1 atom stereocenters. The first-order valence-corrected chi connectivity index (χ1v) is 3.43. The number of hydrogen-bond donors (Lipinski definition) is 1. The molecular formula is C6H11ClO2. The van der Waals surface area contributed by atoms with E-state index in [0.29, 0.717) is 6.42 Å². The number of hydrogen-bond acceptors (Lipinski definition) is 2. The number of alkyl halides is 1. The fraction of sp³-hybridized carbons (Fsp3) is 0.833. The van der Waals surface area contributed by atoms with E-state index in [1.807, 2.05) is 6.92 Å². The second kappa shape index (κ2) is 4.77. The highest BCUT2D eigenvalue weighted by Gasteiger charge is 2.11. The third-order valence-electron chi connectivity index (χ3n) is 1.01. The Morgan fingerprint density at radius 2 is 2.33 bits per heavy atom. The Hall–Kier alpha value is -0.0800. The third-order valence-corrected chi connectivity index (χ3v) is 1.39. The molecule has 0 saturated heterocycles. The van der Waals surface area contributed by atoms with Crippen LogP contribution >= 0.6 is 11.6 Å². The minimum absolute atomic E-state index is 0.0679. The molecule has 0 aliphatic heterocycles. The number of aliphatic hydroxyl groups excluding tert-OH is 1. The fourth-order valence-electron chi connectivity index (χ4n) is 0.505. The van der Waals surface area contributed by atoms with Crippen LogP contribution in [-0.4, -0.2) is 22.9 Å². The molecule has 0 fully saturated rings. The molecule has 1 unspecified atom stereocenters. The summed E-state index contributed by atoms with van der Waals surface area (Å²) in [5.41, 5.74) is 0. The molecule has 0 aromatic carbocycles. The van der Waals surface area contributed by atoms with Crippen LogP contribution in [0.15, 0.2) is 0 Å². The van der Waals surface area contributed by atoms with Gasteiger partial charge in [0.1, 0.15) is 5.38 Å². The van der Waals surface area contributed by atoms with Crippen LogP contribution < -0.4 is 0 Å². The van der Waals surface area contributed by atoms with Crippen molar-refractivity contribution >= 4 is 17.4 Å². The maximum atomic E-state index is 10.7. The van der Waals surface area contributed by atoms with Crippen molar-refractivity contribution in [2.24, 2.45) is 0 Å². The number of halogens is 1. The van der Waals surface area contributed by atoms with Gasteiger partial charge in [0.05, 0.1) is 6.61 Å². The zero-order chi connectivity index (χ0) is 7.28. The number of aliphatic hydroxyl groups is 1. The number of carbonyl (C=O) groups excluding carboxylic acids is 1. The number of Topliss-reactive ketones (excluding diaryl/α,β-unsaturated/α-hetero) is 1. The molecule has 0 aromatic rings. The van der Waals surface area contributed by atoms with Crippen LogP contribution in [0.1, 0.15) is 19.8 Å². The van der Waals surface area contributed by atoms with E-state index < -0.39 is 5.38 Å². The maximum Gasteiger partial charge on any atom is 0.153 e. The third kappa shape index (κ3) is 3.49. The van der Waals surface area contributed by atoms with Crippen molar-refractivity contribution in [2.45, 2.75) is 25.1 Å². The van der Waals surface area contributed by atoms with Crippen molar-refractivity contribution in [1.29, 1.82) is 0 Å². The molecule has 0 aliphatic carbocycles. The molecule has 0 heterocycles. The largest absolute Gasteiger partial charge is 0.394 e. The Morgan fingerprint density at radius 1 is 1.78 bits per heavy atom. The summed E-state index contributed by atoms with van der Waals surface area (Å²) >= 11 is 5.39. The summed E-state index contributed by atoms with van der Waals surface area (Å²) in [5.74, 6) is -0.0679. The lowest BCUT2D eigenvalue weighted by Crippen LogP contribution is -2.17. The van der Waals surface area contributed by atoms with E-state index in [2.05, 4.69) is 0 Å². The van der Waals surface area contributed by atoms with Crippen molar-refractivity contribution < 1.29 is 9.90 Å². The zero-order valence-electron chi connectivity index (χ0n) is 5.43. The highest BCUT2D eigenvalue weighted by Crippen LogP contribution is 2.01. The molecular weight excluding hydrogens is 140 g/mol. The second-order valence-corrected chi connectivity index (χ2v) is 2.39. The molecule has 0 amide bonds. The quantitative estimate of drug-likeness (QED) is 0.606. The minimum Gasteiger partial charge on any atom is -0.394 e. The predicted octanol–water partition coefficient (Wildman–Crippen LogP) is 0.955. The maximum absolute atomic E-state index is 10.7. The van der Waals surface area contributed by atoms with E-state index in [1.54, 1.807) is 0 Å². The number of rotatable bonds is 4. The van der Waals surface area contributed by atoms with Crippen LogP contribution in [0.2, 0.25) is 0 Å². The van der Waals surface area contributed by atoms with Crippen LogP contribution in [0.25, 0.3) is 0 Å². The molecule has 0 aromatic heterocycles. The Morgan fingerprint density at radius 3 is 2.67 bits per heavy atom. The molecule has 0 saturated carbocycles. The average molecular weight is 151 g/mol. The summed E-state index contributed by atoms with van der Waals surface area (Å²) in [6, 6.07) is 0. The molecule has 54 valence electrons. The second-order valence-electron chi connectivity index (χ2n) is 1.87.